The van der Waals surface area contributed by atoms with Gasteiger partial charge in [-0.25, -0.2) is 9.97 Å². The fourth-order valence-electron chi connectivity index (χ4n) is 1.92. The molecule has 6 heteroatoms. The lowest BCUT2D eigenvalue weighted by Crippen LogP contribution is -2.46. The zero-order chi connectivity index (χ0) is 12.8. The van der Waals surface area contributed by atoms with Crippen LogP contribution in [0.15, 0.2) is 12.4 Å². The van der Waals surface area contributed by atoms with Crippen LogP contribution in [0.3, 0.4) is 0 Å². The van der Waals surface area contributed by atoms with Crippen LogP contribution in [0, 0.1) is 11.3 Å². The van der Waals surface area contributed by atoms with Crippen LogP contribution in [0.5, 0.6) is 0 Å². The third-order valence-electron chi connectivity index (χ3n) is 3.11. The molecule has 6 nitrogen and oxygen atoms in total. The van der Waals surface area contributed by atoms with Gasteiger partial charge >= 0.3 is 0 Å². The van der Waals surface area contributed by atoms with Crippen LogP contribution in [-0.2, 0) is 0 Å². The molecule has 0 saturated carbocycles. The van der Waals surface area contributed by atoms with Crippen LogP contribution in [0.1, 0.15) is 5.69 Å². The molecule has 0 atom stereocenters. The van der Waals surface area contributed by atoms with Crippen LogP contribution in [0.2, 0.25) is 0 Å². The molecule has 0 unspecified atom stereocenters. The van der Waals surface area contributed by atoms with Crippen molar-refractivity contribution < 1.29 is 0 Å². The van der Waals surface area contributed by atoms with Crippen molar-refractivity contribution in [2.24, 2.45) is 0 Å². The van der Waals surface area contributed by atoms with Gasteiger partial charge in [0.1, 0.15) is 11.9 Å². The molecule has 1 aliphatic rings. The second-order valence-corrected chi connectivity index (χ2v) is 4.38. The fourth-order valence-corrected chi connectivity index (χ4v) is 1.92. The molecule has 0 aromatic carbocycles. The molecule has 1 N–H and O–H groups in total. The Bertz CT molecular complexity index is 404. The standard InChI is InChI=1S/C12H18N6/c1-17(6-7-18-4-2-14-3-5-18)12-10-15-11(8-13)9-16-12/h9-10,14H,2-7H2,1H3. The van der Waals surface area contributed by atoms with Crippen molar-refractivity contribution in [3.8, 4) is 6.07 Å². The highest BCUT2D eigenvalue weighted by Crippen LogP contribution is 2.06. The molecule has 1 aliphatic heterocycles. The molecule has 0 amide bonds. The highest BCUT2D eigenvalue weighted by molar-refractivity contribution is 5.35. The molecule has 1 saturated heterocycles. The van der Waals surface area contributed by atoms with Crippen molar-refractivity contribution in [3.05, 3.63) is 18.1 Å². The van der Waals surface area contributed by atoms with E-state index in [2.05, 4.69) is 25.1 Å². The maximum Gasteiger partial charge on any atom is 0.158 e. The molecule has 2 heterocycles. The molecular weight excluding hydrogens is 228 g/mol. The smallest absolute Gasteiger partial charge is 0.158 e. The average Bonchev–Trinajstić information content (AvgIpc) is 2.46. The van der Waals surface area contributed by atoms with Crippen molar-refractivity contribution in [3.63, 3.8) is 0 Å². The molecule has 1 aromatic heterocycles. The zero-order valence-corrected chi connectivity index (χ0v) is 10.6. The van der Waals surface area contributed by atoms with Crippen LogP contribution < -0.4 is 10.2 Å². The summed E-state index contributed by atoms with van der Waals surface area (Å²) in [6.07, 6.45) is 3.16. The van der Waals surface area contributed by atoms with E-state index in [1.54, 1.807) is 6.20 Å². The Morgan fingerprint density at radius 2 is 2.17 bits per heavy atom. The second-order valence-electron chi connectivity index (χ2n) is 4.38. The van der Waals surface area contributed by atoms with E-state index in [0.717, 1.165) is 45.1 Å². The highest BCUT2D eigenvalue weighted by atomic mass is 15.2. The minimum atomic E-state index is 0.356. The molecule has 0 spiro atoms. The summed E-state index contributed by atoms with van der Waals surface area (Å²) >= 11 is 0. The first-order chi connectivity index (χ1) is 8.79. The summed E-state index contributed by atoms with van der Waals surface area (Å²) in [4.78, 5) is 12.7. The maximum absolute atomic E-state index is 8.66. The van der Waals surface area contributed by atoms with Crippen LogP contribution >= 0.6 is 0 Å². The van der Waals surface area contributed by atoms with Crippen molar-refractivity contribution in [2.45, 2.75) is 0 Å². The Kier molecular flexibility index (Phi) is 4.45. The van der Waals surface area contributed by atoms with Crippen molar-refractivity contribution in [1.29, 1.82) is 5.26 Å². The third-order valence-corrected chi connectivity index (χ3v) is 3.11. The molecule has 1 fully saturated rings. The van der Waals surface area contributed by atoms with Gasteiger partial charge in [-0.3, -0.25) is 4.90 Å². The summed E-state index contributed by atoms with van der Waals surface area (Å²) in [5.41, 5.74) is 0.356. The van der Waals surface area contributed by atoms with Gasteiger partial charge in [0.15, 0.2) is 5.69 Å². The Balaban J connectivity index is 1.83. The van der Waals surface area contributed by atoms with Gasteiger partial charge in [-0.1, -0.05) is 0 Å². The first-order valence-electron chi connectivity index (χ1n) is 6.16. The lowest BCUT2D eigenvalue weighted by molar-refractivity contribution is 0.246. The minimum Gasteiger partial charge on any atom is -0.357 e. The number of aromatic nitrogens is 2. The van der Waals surface area contributed by atoms with Gasteiger partial charge < -0.3 is 10.2 Å². The molecular formula is C12H18N6. The van der Waals surface area contributed by atoms with E-state index in [9.17, 15) is 0 Å². The predicted molar refractivity (Wildman–Crippen MR) is 69.3 cm³/mol. The normalized spacial score (nSPS) is 16.2. The second kappa shape index (κ2) is 6.28. The summed E-state index contributed by atoms with van der Waals surface area (Å²) in [5.74, 6) is 0.809. The van der Waals surface area contributed by atoms with Gasteiger partial charge in [-0.15, -0.1) is 0 Å². The van der Waals surface area contributed by atoms with E-state index in [4.69, 9.17) is 5.26 Å². The van der Waals surface area contributed by atoms with E-state index < -0.39 is 0 Å². The van der Waals surface area contributed by atoms with Gasteiger partial charge in [0, 0.05) is 46.3 Å². The van der Waals surface area contributed by atoms with Gasteiger partial charge in [-0.2, -0.15) is 5.26 Å². The monoisotopic (exact) mass is 246 g/mol. The lowest BCUT2D eigenvalue weighted by atomic mass is 10.3. The van der Waals surface area contributed by atoms with E-state index >= 15 is 0 Å². The van der Waals surface area contributed by atoms with E-state index in [1.165, 1.54) is 6.20 Å². The quantitative estimate of drug-likeness (QED) is 0.786. The number of nitrogens with zero attached hydrogens (tertiary/aromatic N) is 5. The fraction of sp³-hybridized carbons (Fsp3) is 0.583. The van der Waals surface area contributed by atoms with Gasteiger partial charge in [0.2, 0.25) is 0 Å². The number of likely N-dealkylation sites (N-methyl/N-ethyl adjacent to an activating group) is 1. The number of nitrogens with one attached hydrogen (secondary N) is 1. The van der Waals surface area contributed by atoms with Crippen molar-refractivity contribution in [2.75, 3.05) is 51.2 Å². The summed E-state index contributed by atoms with van der Waals surface area (Å²) < 4.78 is 0. The predicted octanol–water partition coefficient (Wildman–Crippen LogP) is -0.310. The van der Waals surface area contributed by atoms with Gasteiger partial charge in [0.05, 0.1) is 12.4 Å². The number of piperazine rings is 1. The lowest BCUT2D eigenvalue weighted by Gasteiger charge is -2.29. The van der Waals surface area contributed by atoms with Crippen molar-refractivity contribution >= 4 is 5.82 Å². The summed E-state index contributed by atoms with van der Waals surface area (Å²) in [7, 11) is 2.00. The van der Waals surface area contributed by atoms with Gasteiger partial charge in [-0.05, 0) is 0 Å². The molecule has 2 rings (SSSR count). The van der Waals surface area contributed by atoms with E-state index in [0.29, 0.717) is 5.69 Å². The van der Waals surface area contributed by atoms with Gasteiger partial charge in [0.25, 0.3) is 0 Å². The topological polar surface area (TPSA) is 68.1 Å². The minimum absolute atomic E-state index is 0.356. The van der Waals surface area contributed by atoms with E-state index in [-0.39, 0.29) is 0 Å². The first kappa shape index (κ1) is 12.7. The Morgan fingerprint density at radius 1 is 1.39 bits per heavy atom. The number of anilines is 1. The molecule has 0 bridgehead atoms. The molecule has 18 heavy (non-hydrogen) atoms. The largest absolute Gasteiger partial charge is 0.357 e. The van der Waals surface area contributed by atoms with E-state index in [1.807, 2.05) is 13.1 Å². The molecule has 1 aromatic rings. The number of hydrogen-bond acceptors (Lipinski definition) is 6. The van der Waals surface area contributed by atoms with Crippen LogP contribution in [-0.4, -0.2) is 61.2 Å². The Morgan fingerprint density at radius 3 is 2.78 bits per heavy atom. The maximum atomic E-state index is 8.66. The SMILES string of the molecule is CN(CCN1CCNCC1)c1cnc(C#N)cn1. The number of rotatable bonds is 4. The number of nitriles is 1. The molecule has 0 radical (unpaired) electrons. The zero-order valence-electron chi connectivity index (χ0n) is 10.6. The summed E-state index contributed by atoms with van der Waals surface area (Å²) in [6.45, 7) is 6.29. The molecule has 96 valence electrons. The summed E-state index contributed by atoms with van der Waals surface area (Å²) in [6, 6.07) is 1.97. The Hall–Kier alpha value is -1.71. The van der Waals surface area contributed by atoms with Crippen molar-refractivity contribution in [1.82, 2.24) is 20.2 Å². The number of hydrogen-bond donors (Lipinski definition) is 1. The van der Waals surface area contributed by atoms with Crippen LogP contribution in [0.4, 0.5) is 5.82 Å². The Labute approximate surface area is 107 Å². The highest BCUT2D eigenvalue weighted by Gasteiger charge is 2.10. The third kappa shape index (κ3) is 3.39. The van der Waals surface area contributed by atoms with Crippen LogP contribution in [0.25, 0.3) is 0 Å². The summed E-state index contributed by atoms with van der Waals surface area (Å²) in [5, 5.41) is 12.0. The first-order valence-corrected chi connectivity index (χ1v) is 6.16. The molecule has 0 aliphatic carbocycles. The average molecular weight is 246 g/mol.